The van der Waals surface area contributed by atoms with Gasteiger partial charge in [-0.15, -0.1) is 12.4 Å². The molecule has 2 N–H and O–H groups in total. The van der Waals surface area contributed by atoms with Crippen molar-refractivity contribution >= 4 is 34.9 Å². The van der Waals surface area contributed by atoms with E-state index in [1.807, 2.05) is 29.6 Å². The van der Waals surface area contributed by atoms with Crippen molar-refractivity contribution in [3.8, 4) is 0 Å². The fourth-order valence-corrected chi connectivity index (χ4v) is 4.25. The highest BCUT2D eigenvalue weighted by Gasteiger charge is 2.16. The molecular formula is C22H30ClN5O. The number of hydrogen-bond donors (Lipinski definition) is 2. The zero-order valence-electron chi connectivity index (χ0n) is 17.2. The Kier molecular flexibility index (Phi) is 7.09. The lowest BCUT2D eigenvalue weighted by Crippen LogP contribution is -2.33. The number of rotatable bonds is 6. The van der Waals surface area contributed by atoms with Crippen LogP contribution in [-0.2, 0) is 11.2 Å². The predicted octanol–water partition coefficient (Wildman–Crippen LogP) is 3.36. The highest BCUT2D eigenvalue weighted by molar-refractivity contribution is 5.92. The molecule has 1 fully saturated rings. The molecule has 29 heavy (non-hydrogen) atoms. The number of piperidine rings is 1. The summed E-state index contributed by atoms with van der Waals surface area (Å²) in [6.45, 7) is 7.07. The van der Waals surface area contributed by atoms with Gasteiger partial charge in [-0.1, -0.05) is 12.1 Å². The quantitative estimate of drug-likeness (QED) is 0.647. The fourth-order valence-electron chi connectivity index (χ4n) is 4.25. The number of benzene rings is 1. The highest BCUT2D eigenvalue weighted by Crippen LogP contribution is 2.23. The van der Waals surface area contributed by atoms with Crippen LogP contribution in [0.4, 0.5) is 0 Å². The average molecular weight is 416 g/mol. The van der Waals surface area contributed by atoms with Crippen molar-refractivity contribution in [3.63, 3.8) is 0 Å². The molecule has 1 aromatic carbocycles. The average Bonchev–Trinajstić information content (AvgIpc) is 3.07. The zero-order chi connectivity index (χ0) is 19.5. The van der Waals surface area contributed by atoms with Crippen LogP contribution in [0, 0.1) is 19.8 Å². The van der Waals surface area contributed by atoms with Crippen molar-refractivity contribution in [1.29, 1.82) is 0 Å². The van der Waals surface area contributed by atoms with Crippen molar-refractivity contribution in [3.05, 3.63) is 41.2 Å². The van der Waals surface area contributed by atoms with E-state index >= 15 is 0 Å². The van der Waals surface area contributed by atoms with Crippen LogP contribution in [0.3, 0.4) is 0 Å². The second-order valence-corrected chi connectivity index (χ2v) is 7.86. The lowest BCUT2D eigenvalue weighted by molar-refractivity contribution is -0.121. The van der Waals surface area contributed by atoms with Crippen molar-refractivity contribution in [1.82, 2.24) is 25.2 Å². The molecule has 0 spiro atoms. The summed E-state index contributed by atoms with van der Waals surface area (Å²) in [5.74, 6) is 0.812. The normalized spacial score (nSPS) is 16.7. The number of nitrogens with one attached hydrogen (secondary N) is 2. The number of amides is 1. The first-order valence-corrected chi connectivity index (χ1v) is 10.3. The van der Waals surface area contributed by atoms with Gasteiger partial charge >= 0.3 is 0 Å². The van der Waals surface area contributed by atoms with Gasteiger partial charge in [-0.05, 0) is 76.2 Å². The summed E-state index contributed by atoms with van der Waals surface area (Å²) in [5, 5.41) is 12.3. The first kappa shape index (κ1) is 21.5. The highest BCUT2D eigenvalue weighted by atomic mass is 35.5. The Morgan fingerprint density at radius 1 is 1.31 bits per heavy atom. The molecule has 3 heterocycles. The molecule has 3 aromatic rings. The molecule has 1 unspecified atom stereocenters. The van der Waals surface area contributed by atoms with E-state index in [0.717, 1.165) is 59.6 Å². The van der Waals surface area contributed by atoms with Gasteiger partial charge in [0.1, 0.15) is 0 Å². The Morgan fingerprint density at radius 2 is 2.14 bits per heavy atom. The Morgan fingerprint density at radius 3 is 2.93 bits per heavy atom. The molecule has 0 bridgehead atoms. The second-order valence-electron chi connectivity index (χ2n) is 7.86. The van der Waals surface area contributed by atoms with Crippen molar-refractivity contribution in [2.24, 2.45) is 5.92 Å². The molecule has 7 heteroatoms. The Hall–Kier alpha value is -2.18. The molecule has 1 aliphatic rings. The molecule has 6 nitrogen and oxygen atoms in total. The fraction of sp³-hybridized carbons (Fsp3) is 0.500. The minimum Gasteiger partial charge on any atom is -0.356 e. The number of aromatic nitrogens is 3. The molecule has 4 rings (SSSR count). The first-order chi connectivity index (χ1) is 13.6. The minimum absolute atomic E-state index is 0. The maximum absolute atomic E-state index is 12.3. The third-order valence-electron chi connectivity index (χ3n) is 5.89. The summed E-state index contributed by atoms with van der Waals surface area (Å²) >= 11 is 0. The van der Waals surface area contributed by atoms with Crippen molar-refractivity contribution < 1.29 is 4.79 Å². The van der Waals surface area contributed by atoms with E-state index in [2.05, 4.69) is 23.6 Å². The molecule has 0 saturated carbocycles. The van der Waals surface area contributed by atoms with Gasteiger partial charge in [-0.25, -0.2) is 9.50 Å². The lowest BCUT2D eigenvalue weighted by Gasteiger charge is -2.22. The summed E-state index contributed by atoms with van der Waals surface area (Å²) in [6, 6.07) is 8.07. The van der Waals surface area contributed by atoms with E-state index in [0.29, 0.717) is 18.8 Å². The predicted molar refractivity (Wildman–Crippen MR) is 119 cm³/mol. The number of carbonyl (C=O) groups excluding carboxylic acids is 1. The standard InChI is InChI=1S/C22H29N5O.ClH/c1-15-18(9-10-21(28)24-13-11-17-6-5-12-23-14-17)16(2)27-22(25-15)19-7-3-4-8-20(19)26-27;/h3-4,7-8,17,23H,5-6,9-14H2,1-2H3,(H,24,28);1H. The Labute approximate surface area is 177 Å². The molecule has 1 saturated heterocycles. The molecular weight excluding hydrogens is 386 g/mol. The third kappa shape index (κ3) is 4.70. The Bertz CT molecular complexity index is 994. The van der Waals surface area contributed by atoms with Crippen molar-refractivity contribution in [2.75, 3.05) is 19.6 Å². The number of halogens is 1. The molecule has 1 atom stereocenters. The molecule has 0 aliphatic carbocycles. The maximum Gasteiger partial charge on any atom is 0.220 e. The van der Waals surface area contributed by atoms with Crippen LogP contribution in [0.25, 0.3) is 16.6 Å². The lowest BCUT2D eigenvalue weighted by atomic mass is 9.96. The number of hydrogen-bond acceptors (Lipinski definition) is 4. The van der Waals surface area contributed by atoms with Crippen LogP contribution >= 0.6 is 12.4 Å². The largest absolute Gasteiger partial charge is 0.356 e. The Balaban J connectivity index is 0.00000240. The SMILES string of the molecule is Cc1nc2c3ccccc3nn2c(C)c1CCC(=O)NCCC1CCCNC1.Cl. The van der Waals surface area contributed by atoms with Gasteiger partial charge in [0, 0.05) is 29.7 Å². The van der Waals surface area contributed by atoms with Gasteiger partial charge in [0.05, 0.1) is 5.52 Å². The van der Waals surface area contributed by atoms with Gasteiger partial charge in [-0.2, -0.15) is 5.10 Å². The molecule has 2 aromatic heterocycles. The minimum atomic E-state index is 0. The maximum atomic E-state index is 12.3. The zero-order valence-corrected chi connectivity index (χ0v) is 18.0. The molecule has 0 radical (unpaired) electrons. The van der Waals surface area contributed by atoms with E-state index < -0.39 is 0 Å². The van der Waals surface area contributed by atoms with Crippen LogP contribution < -0.4 is 10.6 Å². The smallest absolute Gasteiger partial charge is 0.220 e. The molecule has 1 amide bonds. The third-order valence-corrected chi connectivity index (χ3v) is 5.89. The van der Waals surface area contributed by atoms with Gasteiger partial charge in [-0.3, -0.25) is 4.79 Å². The van der Waals surface area contributed by atoms with Crippen molar-refractivity contribution in [2.45, 2.75) is 46.0 Å². The van der Waals surface area contributed by atoms with Crippen LogP contribution in [0.1, 0.15) is 42.6 Å². The van der Waals surface area contributed by atoms with Crippen LogP contribution in [0.2, 0.25) is 0 Å². The van der Waals surface area contributed by atoms with Gasteiger partial charge in [0.25, 0.3) is 0 Å². The molecule has 156 valence electrons. The van der Waals surface area contributed by atoms with Gasteiger partial charge < -0.3 is 10.6 Å². The number of nitrogens with zero attached hydrogens (tertiary/aromatic N) is 3. The van der Waals surface area contributed by atoms with Crippen LogP contribution in [0.5, 0.6) is 0 Å². The number of fused-ring (bicyclic) bond motifs is 3. The van der Waals surface area contributed by atoms with E-state index in [4.69, 9.17) is 10.1 Å². The molecule has 1 aliphatic heterocycles. The van der Waals surface area contributed by atoms with E-state index in [1.54, 1.807) is 0 Å². The topological polar surface area (TPSA) is 71.3 Å². The van der Waals surface area contributed by atoms with E-state index in [-0.39, 0.29) is 18.3 Å². The summed E-state index contributed by atoms with van der Waals surface area (Å²) in [6.07, 6.45) is 4.75. The first-order valence-electron chi connectivity index (χ1n) is 10.3. The monoisotopic (exact) mass is 415 g/mol. The number of carbonyl (C=O) groups is 1. The summed E-state index contributed by atoms with van der Waals surface area (Å²) < 4.78 is 1.92. The second kappa shape index (κ2) is 9.55. The van der Waals surface area contributed by atoms with E-state index in [9.17, 15) is 4.79 Å². The van der Waals surface area contributed by atoms with Crippen LogP contribution in [-0.4, -0.2) is 40.1 Å². The summed E-state index contributed by atoms with van der Waals surface area (Å²) in [5.41, 5.74) is 5.01. The van der Waals surface area contributed by atoms with E-state index in [1.165, 1.54) is 12.8 Å². The van der Waals surface area contributed by atoms with Gasteiger partial charge in [0.15, 0.2) is 5.65 Å². The van der Waals surface area contributed by atoms with Gasteiger partial charge in [0.2, 0.25) is 5.91 Å². The van der Waals surface area contributed by atoms with Crippen LogP contribution in [0.15, 0.2) is 24.3 Å². The summed E-state index contributed by atoms with van der Waals surface area (Å²) in [4.78, 5) is 17.1. The number of aryl methyl sites for hydroxylation is 2. The summed E-state index contributed by atoms with van der Waals surface area (Å²) in [7, 11) is 0.